The summed E-state index contributed by atoms with van der Waals surface area (Å²) in [5.74, 6) is 0.316. The van der Waals surface area contributed by atoms with Crippen molar-refractivity contribution in [3.8, 4) is 10.6 Å². The molecule has 0 radical (unpaired) electrons. The zero-order valence-corrected chi connectivity index (χ0v) is 16.7. The van der Waals surface area contributed by atoms with Crippen LogP contribution in [0.5, 0.6) is 0 Å². The molecule has 0 saturated heterocycles. The molecule has 148 valence electrons. The lowest BCUT2D eigenvalue weighted by molar-refractivity contribution is 0.0929. The highest BCUT2D eigenvalue weighted by Crippen LogP contribution is 2.25. The van der Waals surface area contributed by atoms with Crippen molar-refractivity contribution >= 4 is 17.2 Å². The lowest BCUT2D eigenvalue weighted by Gasteiger charge is -2.13. The molecule has 1 aromatic carbocycles. The lowest BCUT2D eigenvalue weighted by Crippen LogP contribution is -2.35. The van der Waals surface area contributed by atoms with Gasteiger partial charge in [-0.15, -0.1) is 11.3 Å². The minimum absolute atomic E-state index is 0.104. The molecule has 0 spiro atoms. The SMILES string of the molecule is C[C@H](Cc1ccco1)NC(=O)c1cc(-c2cccs2)nn1Cc1ccc(F)cc1. The first-order chi connectivity index (χ1) is 14.1. The van der Waals surface area contributed by atoms with Crippen LogP contribution in [-0.2, 0) is 13.0 Å². The minimum atomic E-state index is -0.293. The summed E-state index contributed by atoms with van der Waals surface area (Å²) in [6, 6.07) is 15.5. The highest BCUT2D eigenvalue weighted by atomic mass is 32.1. The fourth-order valence-corrected chi connectivity index (χ4v) is 3.79. The molecule has 7 heteroatoms. The van der Waals surface area contributed by atoms with Gasteiger partial charge in [0.25, 0.3) is 5.91 Å². The predicted molar refractivity (Wildman–Crippen MR) is 110 cm³/mol. The Labute approximate surface area is 171 Å². The van der Waals surface area contributed by atoms with Crippen LogP contribution in [0.1, 0.15) is 28.7 Å². The molecule has 0 fully saturated rings. The van der Waals surface area contributed by atoms with E-state index in [1.165, 1.54) is 12.1 Å². The van der Waals surface area contributed by atoms with Crippen LogP contribution in [0.15, 0.2) is 70.7 Å². The Morgan fingerprint density at radius 2 is 2.07 bits per heavy atom. The normalized spacial score (nSPS) is 12.1. The summed E-state index contributed by atoms with van der Waals surface area (Å²) in [6.45, 7) is 2.31. The fourth-order valence-electron chi connectivity index (χ4n) is 3.11. The first-order valence-corrected chi connectivity index (χ1v) is 10.2. The number of carbonyl (C=O) groups excluding carboxylic acids is 1. The molecule has 0 aliphatic carbocycles. The first kappa shape index (κ1) is 19.1. The van der Waals surface area contributed by atoms with Gasteiger partial charge in [0.15, 0.2) is 0 Å². The van der Waals surface area contributed by atoms with E-state index in [4.69, 9.17) is 4.42 Å². The van der Waals surface area contributed by atoms with Crippen molar-refractivity contribution in [2.24, 2.45) is 0 Å². The van der Waals surface area contributed by atoms with Gasteiger partial charge in [0.05, 0.1) is 17.7 Å². The van der Waals surface area contributed by atoms with Gasteiger partial charge in [0.2, 0.25) is 0 Å². The van der Waals surface area contributed by atoms with E-state index in [9.17, 15) is 9.18 Å². The molecule has 4 rings (SSSR count). The van der Waals surface area contributed by atoms with Crippen LogP contribution in [0.25, 0.3) is 10.6 Å². The zero-order chi connectivity index (χ0) is 20.2. The summed E-state index contributed by atoms with van der Waals surface area (Å²) in [4.78, 5) is 14.0. The average molecular weight is 409 g/mol. The molecule has 0 unspecified atom stereocenters. The Hall–Kier alpha value is -3.19. The molecular weight excluding hydrogens is 389 g/mol. The number of carbonyl (C=O) groups is 1. The van der Waals surface area contributed by atoms with Crippen molar-refractivity contribution in [1.29, 1.82) is 0 Å². The number of hydrogen-bond acceptors (Lipinski definition) is 4. The number of rotatable bonds is 7. The van der Waals surface area contributed by atoms with Crippen LogP contribution in [0.4, 0.5) is 4.39 Å². The summed E-state index contributed by atoms with van der Waals surface area (Å²) in [5, 5.41) is 9.61. The average Bonchev–Trinajstić information content (AvgIpc) is 3.44. The Bertz CT molecular complexity index is 1070. The highest BCUT2D eigenvalue weighted by molar-refractivity contribution is 7.13. The molecule has 0 aliphatic rings. The molecule has 1 atom stereocenters. The second kappa shape index (κ2) is 8.45. The molecule has 5 nitrogen and oxygen atoms in total. The van der Waals surface area contributed by atoms with Gasteiger partial charge in [0, 0.05) is 12.5 Å². The van der Waals surface area contributed by atoms with E-state index in [-0.39, 0.29) is 17.8 Å². The van der Waals surface area contributed by atoms with Crippen molar-refractivity contribution in [2.45, 2.75) is 25.9 Å². The summed E-state index contributed by atoms with van der Waals surface area (Å²) < 4.78 is 20.3. The molecule has 1 N–H and O–H groups in total. The number of thiophene rings is 1. The molecule has 4 aromatic rings. The molecule has 0 saturated carbocycles. The molecular formula is C22H20FN3O2S. The third-order valence-electron chi connectivity index (χ3n) is 4.50. The van der Waals surface area contributed by atoms with Crippen molar-refractivity contribution in [2.75, 3.05) is 0 Å². The molecule has 0 aliphatic heterocycles. The van der Waals surface area contributed by atoms with Gasteiger partial charge in [-0.2, -0.15) is 5.10 Å². The lowest BCUT2D eigenvalue weighted by atomic mass is 10.2. The van der Waals surface area contributed by atoms with Gasteiger partial charge in [-0.1, -0.05) is 18.2 Å². The number of benzene rings is 1. The highest BCUT2D eigenvalue weighted by Gasteiger charge is 2.19. The Morgan fingerprint density at radius 1 is 1.24 bits per heavy atom. The van der Waals surface area contributed by atoms with E-state index in [1.54, 1.807) is 40.5 Å². The zero-order valence-electron chi connectivity index (χ0n) is 15.8. The van der Waals surface area contributed by atoms with Crippen LogP contribution in [0, 0.1) is 5.82 Å². The summed E-state index contributed by atoms with van der Waals surface area (Å²) in [6.07, 6.45) is 2.22. The third kappa shape index (κ3) is 4.63. The summed E-state index contributed by atoms with van der Waals surface area (Å²) in [7, 11) is 0. The van der Waals surface area contributed by atoms with Crippen LogP contribution < -0.4 is 5.32 Å². The minimum Gasteiger partial charge on any atom is -0.469 e. The number of furan rings is 1. The topological polar surface area (TPSA) is 60.1 Å². The van der Waals surface area contributed by atoms with E-state index >= 15 is 0 Å². The van der Waals surface area contributed by atoms with Gasteiger partial charge in [-0.3, -0.25) is 9.48 Å². The van der Waals surface area contributed by atoms with Gasteiger partial charge in [0.1, 0.15) is 23.0 Å². The molecule has 29 heavy (non-hydrogen) atoms. The molecule has 0 bridgehead atoms. The largest absolute Gasteiger partial charge is 0.469 e. The molecule has 3 aromatic heterocycles. The maximum atomic E-state index is 13.2. The maximum absolute atomic E-state index is 13.2. The van der Waals surface area contributed by atoms with Crippen LogP contribution in [0.3, 0.4) is 0 Å². The van der Waals surface area contributed by atoms with Gasteiger partial charge < -0.3 is 9.73 Å². The number of halogens is 1. The second-order valence-electron chi connectivity index (χ2n) is 6.83. The standard InChI is InChI=1S/C22H20FN3O2S/c1-15(12-18-4-2-10-28-18)24-22(27)20-13-19(21-5-3-11-29-21)25-26(20)14-16-6-8-17(23)9-7-16/h2-11,13,15H,12,14H2,1H3,(H,24,27)/t15-/m1/s1. The number of aromatic nitrogens is 2. The van der Waals surface area contributed by atoms with Crippen molar-refractivity contribution in [1.82, 2.24) is 15.1 Å². The fraction of sp³-hybridized carbons (Fsp3) is 0.182. The Kier molecular flexibility index (Phi) is 5.57. The Balaban J connectivity index is 1.57. The van der Waals surface area contributed by atoms with Gasteiger partial charge in [-0.25, -0.2) is 4.39 Å². The molecule has 3 heterocycles. The van der Waals surface area contributed by atoms with Crippen molar-refractivity contribution in [3.05, 3.63) is 89.1 Å². The van der Waals surface area contributed by atoms with Crippen molar-refractivity contribution in [3.63, 3.8) is 0 Å². The first-order valence-electron chi connectivity index (χ1n) is 9.28. The monoisotopic (exact) mass is 409 g/mol. The second-order valence-corrected chi connectivity index (χ2v) is 7.78. The smallest absolute Gasteiger partial charge is 0.269 e. The number of amides is 1. The van der Waals surface area contributed by atoms with Crippen LogP contribution in [0.2, 0.25) is 0 Å². The van der Waals surface area contributed by atoms with E-state index < -0.39 is 0 Å². The third-order valence-corrected chi connectivity index (χ3v) is 5.39. The van der Waals surface area contributed by atoms with Gasteiger partial charge >= 0.3 is 0 Å². The summed E-state index contributed by atoms with van der Waals surface area (Å²) in [5.41, 5.74) is 2.07. The van der Waals surface area contributed by atoms with Crippen LogP contribution in [-0.4, -0.2) is 21.7 Å². The van der Waals surface area contributed by atoms with Crippen molar-refractivity contribution < 1.29 is 13.6 Å². The quantitative estimate of drug-likeness (QED) is 0.479. The summed E-state index contributed by atoms with van der Waals surface area (Å²) >= 11 is 1.57. The van der Waals surface area contributed by atoms with Gasteiger partial charge in [-0.05, 0) is 54.3 Å². The van der Waals surface area contributed by atoms with E-state index in [0.29, 0.717) is 18.7 Å². The Morgan fingerprint density at radius 3 is 2.76 bits per heavy atom. The number of hydrogen-bond donors (Lipinski definition) is 1. The number of nitrogens with one attached hydrogen (secondary N) is 1. The van der Waals surface area contributed by atoms with E-state index in [0.717, 1.165) is 21.9 Å². The maximum Gasteiger partial charge on any atom is 0.269 e. The predicted octanol–water partition coefficient (Wildman–Crippen LogP) is 4.75. The van der Waals surface area contributed by atoms with Crippen LogP contribution >= 0.6 is 11.3 Å². The molecule has 1 amide bonds. The number of nitrogens with zero attached hydrogens (tertiary/aromatic N) is 2. The van der Waals surface area contributed by atoms with E-state index in [1.807, 2.05) is 36.6 Å². The van der Waals surface area contributed by atoms with E-state index in [2.05, 4.69) is 10.4 Å².